The van der Waals surface area contributed by atoms with Gasteiger partial charge in [0.15, 0.2) is 14.5 Å². The Balaban J connectivity index is 2.25. The van der Waals surface area contributed by atoms with Gasteiger partial charge in [0.25, 0.3) is 0 Å². The largest absolute Gasteiger partial charge is 0.618 e. The molecule has 1 N–H and O–H groups in total. The quantitative estimate of drug-likeness (QED) is 0.290. The van der Waals surface area contributed by atoms with Crippen molar-refractivity contribution in [1.29, 1.82) is 0 Å². The summed E-state index contributed by atoms with van der Waals surface area (Å²) in [6, 6.07) is 4.20. The number of aromatic nitrogens is 1. The second-order valence-corrected chi connectivity index (χ2v) is 12.6. The standard InChI is InChI=1S/C20H26FNO3Si/c1-20(2,3)26(4,5)25-11-7-6-8-18-17-10-9-16(21)12-15(17)13-22(24)19(18)14-23/h9-10,12-13,23H,7,11,14H2,1-5H3. The van der Waals surface area contributed by atoms with Gasteiger partial charge in [-0.2, -0.15) is 4.73 Å². The molecule has 2 aromatic rings. The van der Waals surface area contributed by atoms with Gasteiger partial charge >= 0.3 is 0 Å². The normalized spacial score (nSPS) is 12.1. The summed E-state index contributed by atoms with van der Waals surface area (Å²) in [6.07, 6.45) is 1.78. The molecule has 0 aliphatic carbocycles. The molecule has 0 radical (unpaired) electrons. The number of hydrogen-bond donors (Lipinski definition) is 1. The third kappa shape index (κ3) is 4.42. The van der Waals surface area contributed by atoms with Gasteiger partial charge in [0.2, 0.25) is 5.69 Å². The average molecular weight is 376 g/mol. The van der Waals surface area contributed by atoms with Crippen LogP contribution in [0.25, 0.3) is 10.8 Å². The van der Waals surface area contributed by atoms with E-state index in [-0.39, 0.29) is 10.7 Å². The van der Waals surface area contributed by atoms with Crippen LogP contribution in [0, 0.1) is 22.9 Å². The summed E-state index contributed by atoms with van der Waals surface area (Å²) in [5.41, 5.74) is 0.606. The molecule has 6 heteroatoms. The van der Waals surface area contributed by atoms with Gasteiger partial charge in [0, 0.05) is 18.4 Å². The molecule has 26 heavy (non-hydrogen) atoms. The van der Waals surface area contributed by atoms with Crippen molar-refractivity contribution in [1.82, 2.24) is 0 Å². The monoisotopic (exact) mass is 375 g/mol. The van der Waals surface area contributed by atoms with Crippen LogP contribution in [0.2, 0.25) is 18.1 Å². The maximum atomic E-state index is 13.4. The van der Waals surface area contributed by atoms with Crippen molar-refractivity contribution in [3.05, 3.63) is 46.7 Å². The Bertz CT molecular complexity index is 863. The Labute approximate surface area is 155 Å². The average Bonchev–Trinajstić information content (AvgIpc) is 2.52. The highest BCUT2D eigenvalue weighted by atomic mass is 28.4. The fourth-order valence-corrected chi connectivity index (χ4v) is 3.40. The molecule has 140 valence electrons. The number of pyridine rings is 1. The molecule has 0 unspecified atom stereocenters. The lowest BCUT2D eigenvalue weighted by Gasteiger charge is -2.35. The van der Waals surface area contributed by atoms with Crippen molar-refractivity contribution in [2.75, 3.05) is 6.61 Å². The Hall–Kier alpha value is -1.94. The second kappa shape index (κ2) is 7.75. The fraction of sp³-hybridized carbons (Fsp3) is 0.450. The smallest absolute Gasteiger partial charge is 0.234 e. The van der Waals surface area contributed by atoms with E-state index >= 15 is 0 Å². The van der Waals surface area contributed by atoms with Gasteiger partial charge in [-0.25, -0.2) is 4.39 Å². The molecule has 0 aliphatic rings. The van der Waals surface area contributed by atoms with Gasteiger partial charge in [0.1, 0.15) is 18.0 Å². The van der Waals surface area contributed by atoms with E-state index < -0.39 is 20.7 Å². The fourth-order valence-electron chi connectivity index (χ4n) is 2.35. The van der Waals surface area contributed by atoms with Gasteiger partial charge in [0.05, 0.1) is 5.39 Å². The zero-order chi connectivity index (χ0) is 19.5. The Kier molecular flexibility index (Phi) is 6.07. The summed E-state index contributed by atoms with van der Waals surface area (Å²) in [5, 5.41) is 22.9. The number of nitrogens with zero attached hydrogens (tertiary/aromatic N) is 1. The summed E-state index contributed by atoms with van der Waals surface area (Å²) >= 11 is 0. The molecule has 1 aromatic carbocycles. The van der Waals surface area contributed by atoms with Crippen molar-refractivity contribution >= 4 is 19.1 Å². The zero-order valence-electron chi connectivity index (χ0n) is 16.0. The highest BCUT2D eigenvalue weighted by Crippen LogP contribution is 2.36. The van der Waals surface area contributed by atoms with E-state index in [1.54, 1.807) is 6.07 Å². The molecule has 0 atom stereocenters. The van der Waals surface area contributed by atoms with Crippen LogP contribution in [0.1, 0.15) is 38.4 Å². The number of aliphatic hydroxyl groups excluding tert-OH is 1. The van der Waals surface area contributed by atoms with Crippen LogP contribution in [0.3, 0.4) is 0 Å². The lowest BCUT2D eigenvalue weighted by atomic mass is 10.0. The molecular weight excluding hydrogens is 349 g/mol. The number of halogens is 1. The third-order valence-electron chi connectivity index (χ3n) is 4.95. The summed E-state index contributed by atoms with van der Waals surface area (Å²) in [7, 11) is -1.81. The molecule has 0 amide bonds. The number of rotatable bonds is 4. The molecule has 0 saturated heterocycles. The first-order valence-electron chi connectivity index (χ1n) is 8.65. The highest BCUT2D eigenvalue weighted by Gasteiger charge is 2.36. The van der Waals surface area contributed by atoms with Gasteiger partial charge in [-0.1, -0.05) is 32.6 Å². The predicted molar refractivity (Wildman–Crippen MR) is 103 cm³/mol. The topological polar surface area (TPSA) is 56.4 Å². The molecule has 0 bridgehead atoms. The van der Waals surface area contributed by atoms with E-state index in [1.165, 1.54) is 18.3 Å². The number of benzene rings is 1. The molecule has 0 spiro atoms. The van der Waals surface area contributed by atoms with Crippen molar-refractivity contribution in [3.63, 3.8) is 0 Å². The van der Waals surface area contributed by atoms with E-state index in [4.69, 9.17) is 4.43 Å². The van der Waals surface area contributed by atoms with Crippen LogP contribution < -0.4 is 4.73 Å². The molecule has 0 fully saturated rings. The van der Waals surface area contributed by atoms with Crippen molar-refractivity contribution < 1.29 is 18.7 Å². The van der Waals surface area contributed by atoms with Crippen molar-refractivity contribution in [2.24, 2.45) is 0 Å². The zero-order valence-corrected chi connectivity index (χ0v) is 17.0. The molecule has 2 rings (SSSR count). The van der Waals surface area contributed by atoms with Crippen LogP contribution in [0.5, 0.6) is 0 Å². The number of fused-ring (bicyclic) bond motifs is 1. The van der Waals surface area contributed by atoms with E-state index in [2.05, 4.69) is 45.7 Å². The van der Waals surface area contributed by atoms with E-state index in [9.17, 15) is 14.7 Å². The lowest BCUT2D eigenvalue weighted by Crippen LogP contribution is -2.40. The first kappa shape index (κ1) is 20.4. The van der Waals surface area contributed by atoms with Crippen LogP contribution in [-0.2, 0) is 11.0 Å². The molecule has 1 heterocycles. The first-order valence-corrected chi connectivity index (χ1v) is 11.6. The van der Waals surface area contributed by atoms with Crippen LogP contribution in [0.15, 0.2) is 24.4 Å². The molecular formula is C20H26FNO3Si. The second-order valence-electron chi connectivity index (χ2n) is 7.83. The van der Waals surface area contributed by atoms with E-state index in [0.717, 1.165) is 0 Å². The van der Waals surface area contributed by atoms with E-state index in [1.807, 2.05) is 0 Å². The predicted octanol–water partition coefficient (Wildman–Crippen LogP) is 3.87. The maximum absolute atomic E-state index is 13.4. The van der Waals surface area contributed by atoms with Crippen LogP contribution in [0.4, 0.5) is 4.39 Å². The molecule has 0 aliphatic heterocycles. The summed E-state index contributed by atoms with van der Waals surface area (Å²) in [6.45, 7) is 11.0. The Morgan fingerprint density at radius 2 is 2.00 bits per heavy atom. The first-order chi connectivity index (χ1) is 12.1. The van der Waals surface area contributed by atoms with Crippen molar-refractivity contribution in [2.45, 2.75) is 51.9 Å². The van der Waals surface area contributed by atoms with Gasteiger partial charge in [-0.3, -0.25) is 0 Å². The summed E-state index contributed by atoms with van der Waals surface area (Å²) in [4.78, 5) is 0. The highest BCUT2D eigenvalue weighted by molar-refractivity contribution is 6.74. The minimum absolute atomic E-state index is 0.137. The SMILES string of the molecule is CC(C)(C)[Si](C)(C)OCCC#Cc1c(CO)[n+]([O-])cc2cc(F)ccc12. The molecule has 0 saturated carbocycles. The third-order valence-corrected chi connectivity index (χ3v) is 9.49. The van der Waals surface area contributed by atoms with Gasteiger partial charge < -0.3 is 14.7 Å². The van der Waals surface area contributed by atoms with E-state index in [0.29, 0.717) is 34.1 Å². The number of hydrogen-bond acceptors (Lipinski definition) is 3. The van der Waals surface area contributed by atoms with Crippen LogP contribution in [-0.4, -0.2) is 20.0 Å². The molecule has 1 aromatic heterocycles. The minimum Gasteiger partial charge on any atom is -0.618 e. The van der Waals surface area contributed by atoms with Crippen molar-refractivity contribution in [3.8, 4) is 11.8 Å². The Morgan fingerprint density at radius 3 is 2.62 bits per heavy atom. The lowest BCUT2D eigenvalue weighted by molar-refractivity contribution is -0.615. The minimum atomic E-state index is -1.81. The number of aliphatic hydroxyl groups is 1. The van der Waals surface area contributed by atoms with Gasteiger partial charge in [-0.05, 0) is 36.3 Å². The Morgan fingerprint density at radius 1 is 1.31 bits per heavy atom. The summed E-state index contributed by atoms with van der Waals surface area (Å²) in [5.74, 6) is 5.58. The van der Waals surface area contributed by atoms with Crippen LogP contribution >= 0.6 is 0 Å². The maximum Gasteiger partial charge on any atom is 0.234 e. The molecule has 4 nitrogen and oxygen atoms in total. The van der Waals surface area contributed by atoms with Gasteiger partial charge in [-0.15, -0.1) is 0 Å². The summed E-state index contributed by atoms with van der Waals surface area (Å²) < 4.78 is 20.1.